The predicted octanol–water partition coefficient (Wildman–Crippen LogP) is 23.2. The van der Waals surface area contributed by atoms with Gasteiger partial charge in [-0.1, -0.05) is 176 Å². The lowest BCUT2D eigenvalue weighted by atomic mass is 10.0. The number of hydrogen-bond donors (Lipinski definition) is 0. The summed E-state index contributed by atoms with van der Waals surface area (Å²) >= 11 is 0. The fraction of sp³-hybridized carbons (Fsp3) is 0. The van der Waals surface area contributed by atoms with Crippen LogP contribution in [0.3, 0.4) is 0 Å². The summed E-state index contributed by atoms with van der Waals surface area (Å²) in [5.74, 6) is 0. The molecule has 3 aromatic heterocycles. The van der Waals surface area contributed by atoms with E-state index >= 15 is 0 Å². The molecule has 3 heterocycles. The summed E-state index contributed by atoms with van der Waals surface area (Å²) in [7, 11) is 0. The quantitative estimate of drug-likeness (QED) is 0.0922. The van der Waals surface area contributed by atoms with Crippen molar-refractivity contribution in [3.8, 4) is 33.4 Å². The Bertz CT molecular complexity index is 6020. The van der Waals surface area contributed by atoms with Crippen LogP contribution in [0.4, 0.5) is 68.2 Å². The fourth-order valence-corrected chi connectivity index (χ4v) is 13.5. The van der Waals surface area contributed by atoms with E-state index in [9.17, 15) is 14.4 Å². The van der Waals surface area contributed by atoms with Crippen molar-refractivity contribution in [2.45, 2.75) is 0 Å². The third-order valence-corrected chi connectivity index (χ3v) is 18.3. The monoisotopic (exact) mass is 1280 g/mol. The van der Waals surface area contributed by atoms with E-state index in [2.05, 4.69) is 141 Å². The minimum Gasteiger partial charge on any atom is -0.422 e. The Morgan fingerprint density at radius 3 is 0.889 bits per heavy atom. The van der Waals surface area contributed by atoms with Gasteiger partial charge in [-0.25, -0.2) is 14.4 Å². The summed E-state index contributed by atoms with van der Waals surface area (Å²) in [5, 5.41) is 6.77. The maximum Gasteiger partial charge on any atom is 0.344 e. The van der Waals surface area contributed by atoms with Crippen molar-refractivity contribution in [1.82, 2.24) is 0 Å². The number of fused-ring (bicyclic) bond motifs is 5. The molecule has 0 aliphatic carbocycles. The number of rotatable bonds is 15. The molecule has 0 unspecified atom stereocenters. The number of para-hydroxylation sites is 4. The van der Waals surface area contributed by atoms with E-state index in [0.717, 1.165) is 106 Å². The van der Waals surface area contributed by atoms with Gasteiger partial charge < -0.3 is 32.9 Å². The molecular formula is C89H58N4O6. The first kappa shape index (κ1) is 59.2. The van der Waals surface area contributed by atoms with Gasteiger partial charge in [-0.3, -0.25) is 0 Å². The minimum atomic E-state index is -0.472. The Kier molecular flexibility index (Phi) is 15.1. The summed E-state index contributed by atoms with van der Waals surface area (Å²) in [5.41, 5.74) is 13.9. The van der Waals surface area contributed by atoms with Crippen molar-refractivity contribution in [3.63, 3.8) is 0 Å². The van der Waals surface area contributed by atoms with Crippen LogP contribution in [0.15, 0.2) is 379 Å². The van der Waals surface area contributed by atoms with Crippen LogP contribution in [0.2, 0.25) is 0 Å². The summed E-state index contributed by atoms with van der Waals surface area (Å²) in [6.07, 6.45) is 0. The molecule has 470 valence electrons. The van der Waals surface area contributed by atoms with Gasteiger partial charge in [0.2, 0.25) is 0 Å². The van der Waals surface area contributed by atoms with E-state index in [1.54, 1.807) is 0 Å². The van der Waals surface area contributed by atoms with Crippen LogP contribution in [0.1, 0.15) is 0 Å². The van der Waals surface area contributed by atoms with Crippen LogP contribution in [0.5, 0.6) is 0 Å². The van der Waals surface area contributed by atoms with Crippen molar-refractivity contribution in [2.24, 2.45) is 0 Å². The molecule has 10 heteroatoms. The third-order valence-electron chi connectivity index (χ3n) is 18.3. The molecule has 0 spiro atoms. The molecule has 0 bridgehead atoms. The van der Waals surface area contributed by atoms with Crippen molar-refractivity contribution >= 4 is 123 Å². The topological polar surface area (TPSA) is 104 Å². The lowest BCUT2D eigenvalue weighted by Gasteiger charge is -2.27. The normalized spacial score (nSPS) is 11.4. The van der Waals surface area contributed by atoms with Crippen LogP contribution in [0, 0.1) is 0 Å². The second-order valence-corrected chi connectivity index (χ2v) is 24.4. The van der Waals surface area contributed by atoms with Gasteiger partial charge in [-0.05, 0) is 191 Å². The van der Waals surface area contributed by atoms with Crippen molar-refractivity contribution in [3.05, 3.63) is 383 Å². The Morgan fingerprint density at radius 1 is 0.192 bits per heavy atom. The average molecular weight is 1280 g/mol. The molecule has 0 fully saturated rings. The predicted molar refractivity (Wildman–Crippen MR) is 405 cm³/mol. The molecule has 99 heavy (non-hydrogen) atoms. The van der Waals surface area contributed by atoms with Gasteiger partial charge in [0.25, 0.3) is 0 Å². The molecule has 10 nitrogen and oxygen atoms in total. The van der Waals surface area contributed by atoms with Gasteiger partial charge in [-0.15, -0.1) is 0 Å². The summed E-state index contributed by atoms with van der Waals surface area (Å²) in [4.78, 5) is 51.2. The Morgan fingerprint density at radius 2 is 0.475 bits per heavy atom. The molecule has 0 radical (unpaired) electrons. The maximum absolute atomic E-state index is 14.3. The van der Waals surface area contributed by atoms with E-state index in [1.165, 1.54) is 0 Å². The zero-order valence-electron chi connectivity index (χ0n) is 53.2. The number of hydrogen-bond acceptors (Lipinski definition) is 10. The highest BCUT2D eigenvalue weighted by molar-refractivity contribution is 6.00. The molecule has 17 aromatic rings. The van der Waals surface area contributed by atoms with E-state index in [4.69, 9.17) is 13.3 Å². The Hall–Kier alpha value is -13.6. The van der Waals surface area contributed by atoms with E-state index < -0.39 is 16.9 Å². The van der Waals surface area contributed by atoms with E-state index in [-0.39, 0.29) is 0 Å². The second kappa shape index (κ2) is 25.3. The SMILES string of the molecule is O=c1oc2cc(N(c3ccccc3)c3ccccc3)ccc2cc1-c1ccc(N(c2ccc(-c3cc4ccc(N(c5ccccc5)c5ccc6ccccc6c5)cc4oc3=O)cc2)c2ccc(-c3cc4ccc(N(c5ccccc5)c5cccc6ccccc56)cc4oc3=O)cc2)cc1. The molecule has 14 aromatic carbocycles. The smallest absolute Gasteiger partial charge is 0.344 e. The highest BCUT2D eigenvalue weighted by Crippen LogP contribution is 2.44. The standard InChI is InChI=1S/C89H58N4O6/c94-87-80(53-65-39-49-76(56-84(65)97-87)91(68-22-5-1-6-23-68)69-24-7-2-8-25-69)61-33-42-72(43-34-61)90(73-44-35-62(36-45-73)81-54-66-40-50-77(57-85(66)98-88(81)95)92(70-26-9-3-10-27-70)75-48-32-59-18-13-14-20-64(59)52-75)74-46-37-63(38-47-74)82-55-67-41-51-78(58-86(67)99-89(82)96)93(71-28-11-4-12-29-71)83-31-17-21-60-19-15-16-30-79(60)83/h1-58H. The first-order valence-electron chi connectivity index (χ1n) is 32.7. The van der Waals surface area contributed by atoms with Gasteiger partial charge in [0.05, 0.1) is 22.4 Å². The van der Waals surface area contributed by atoms with Crippen LogP contribution < -0.4 is 36.5 Å². The second-order valence-electron chi connectivity index (χ2n) is 24.4. The number of benzene rings is 14. The Labute approximate surface area is 568 Å². The molecule has 0 aliphatic rings. The summed E-state index contributed by atoms with van der Waals surface area (Å²) in [6, 6.07) is 117. The molecule has 0 N–H and O–H groups in total. The average Bonchev–Trinajstić information content (AvgIpc) is 0.785. The third kappa shape index (κ3) is 11.4. The van der Waals surface area contributed by atoms with Crippen molar-refractivity contribution in [2.75, 3.05) is 19.6 Å². The van der Waals surface area contributed by atoms with Crippen LogP contribution in [-0.2, 0) is 0 Å². The van der Waals surface area contributed by atoms with Crippen molar-refractivity contribution < 1.29 is 13.3 Å². The maximum atomic E-state index is 14.3. The van der Waals surface area contributed by atoms with Gasteiger partial charge in [0, 0.05) is 102 Å². The van der Waals surface area contributed by atoms with Crippen LogP contribution in [0.25, 0.3) is 87.8 Å². The van der Waals surface area contributed by atoms with E-state index in [0.29, 0.717) is 50.1 Å². The van der Waals surface area contributed by atoms with Gasteiger partial charge in [0.1, 0.15) is 16.7 Å². The van der Waals surface area contributed by atoms with Gasteiger partial charge in [0.15, 0.2) is 0 Å². The molecule has 17 rings (SSSR count). The van der Waals surface area contributed by atoms with Gasteiger partial charge in [-0.2, -0.15) is 0 Å². The summed E-state index contributed by atoms with van der Waals surface area (Å²) < 4.78 is 18.6. The van der Waals surface area contributed by atoms with Crippen LogP contribution in [-0.4, -0.2) is 0 Å². The highest BCUT2D eigenvalue weighted by Gasteiger charge is 2.22. The number of nitrogens with zero attached hydrogens (tertiary/aromatic N) is 4. The zero-order valence-corrected chi connectivity index (χ0v) is 53.2. The lowest BCUT2D eigenvalue weighted by molar-refractivity contribution is 0.563. The van der Waals surface area contributed by atoms with Gasteiger partial charge >= 0.3 is 16.9 Å². The van der Waals surface area contributed by atoms with Crippen LogP contribution >= 0.6 is 0 Å². The van der Waals surface area contributed by atoms with E-state index in [1.807, 2.05) is 231 Å². The fourth-order valence-electron chi connectivity index (χ4n) is 13.5. The molecule has 0 aliphatic heterocycles. The first-order chi connectivity index (χ1) is 48.8. The highest BCUT2D eigenvalue weighted by atomic mass is 16.4. The van der Waals surface area contributed by atoms with Crippen molar-refractivity contribution in [1.29, 1.82) is 0 Å². The lowest BCUT2D eigenvalue weighted by Crippen LogP contribution is -2.11. The Balaban J connectivity index is 0.709. The molecule has 0 atom stereocenters. The zero-order chi connectivity index (χ0) is 66.3. The number of anilines is 12. The summed E-state index contributed by atoms with van der Waals surface area (Å²) in [6.45, 7) is 0. The largest absolute Gasteiger partial charge is 0.422 e. The molecular weight excluding hydrogens is 1220 g/mol. The molecule has 0 saturated heterocycles. The minimum absolute atomic E-state index is 0.412. The molecule has 0 saturated carbocycles. The first-order valence-corrected chi connectivity index (χ1v) is 32.7. The molecule has 0 amide bonds.